The first kappa shape index (κ1) is 12.5. The number of thioether (sulfide) groups is 1. The van der Waals surface area contributed by atoms with Gasteiger partial charge in [0.1, 0.15) is 0 Å². The molecule has 0 bridgehead atoms. The predicted octanol–water partition coefficient (Wildman–Crippen LogP) is 2.19. The van der Waals surface area contributed by atoms with Crippen LogP contribution in [0.15, 0.2) is 12.2 Å². The van der Waals surface area contributed by atoms with E-state index in [4.69, 9.17) is 0 Å². The Hall–Kier alpha value is 0.01000. The van der Waals surface area contributed by atoms with Crippen molar-refractivity contribution in [2.24, 2.45) is 5.92 Å². The minimum atomic E-state index is -0.421. The van der Waals surface area contributed by atoms with E-state index >= 15 is 0 Å². The van der Waals surface area contributed by atoms with Crippen LogP contribution in [0.1, 0.15) is 32.1 Å². The highest BCUT2D eigenvalue weighted by Gasteiger charge is 2.29. The zero-order valence-electron chi connectivity index (χ0n) is 9.95. The molecule has 0 aromatic heterocycles. The molecule has 2 N–H and O–H groups in total. The van der Waals surface area contributed by atoms with Gasteiger partial charge >= 0.3 is 0 Å². The molecule has 1 saturated heterocycles. The molecular formula is C13H23NOS. The predicted molar refractivity (Wildman–Crippen MR) is 70.9 cm³/mol. The highest BCUT2D eigenvalue weighted by Crippen LogP contribution is 2.26. The molecule has 0 aromatic rings. The lowest BCUT2D eigenvalue weighted by Crippen LogP contribution is -2.44. The van der Waals surface area contributed by atoms with Gasteiger partial charge in [-0.25, -0.2) is 0 Å². The minimum absolute atomic E-state index is 0.421. The molecule has 1 aliphatic carbocycles. The molecule has 1 heterocycles. The van der Waals surface area contributed by atoms with Gasteiger partial charge in [0.2, 0.25) is 0 Å². The third-order valence-electron chi connectivity index (χ3n) is 3.69. The van der Waals surface area contributed by atoms with E-state index in [9.17, 15) is 5.11 Å². The van der Waals surface area contributed by atoms with Crippen LogP contribution >= 0.6 is 11.8 Å². The van der Waals surface area contributed by atoms with Crippen LogP contribution in [0.5, 0.6) is 0 Å². The van der Waals surface area contributed by atoms with Gasteiger partial charge in [-0.2, -0.15) is 11.8 Å². The zero-order chi connectivity index (χ0) is 11.3. The monoisotopic (exact) mass is 241 g/mol. The highest BCUT2D eigenvalue weighted by atomic mass is 32.2. The molecule has 1 fully saturated rings. The van der Waals surface area contributed by atoms with Gasteiger partial charge in [-0.3, -0.25) is 0 Å². The van der Waals surface area contributed by atoms with Gasteiger partial charge in [-0.1, -0.05) is 12.2 Å². The van der Waals surface area contributed by atoms with Crippen LogP contribution < -0.4 is 5.32 Å². The summed E-state index contributed by atoms with van der Waals surface area (Å²) in [6.07, 6.45) is 10.2. The summed E-state index contributed by atoms with van der Waals surface area (Å²) in [5.74, 6) is 3.01. The van der Waals surface area contributed by atoms with Crippen molar-refractivity contribution < 1.29 is 5.11 Å². The molecule has 1 unspecified atom stereocenters. The van der Waals surface area contributed by atoms with E-state index in [-0.39, 0.29) is 0 Å². The Kier molecular flexibility index (Phi) is 4.74. The summed E-state index contributed by atoms with van der Waals surface area (Å²) in [7, 11) is 0. The van der Waals surface area contributed by atoms with E-state index in [1.165, 1.54) is 19.3 Å². The Bertz CT molecular complexity index is 236. The van der Waals surface area contributed by atoms with Gasteiger partial charge in [-0.15, -0.1) is 0 Å². The van der Waals surface area contributed by atoms with Gasteiger partial charge in [-0.05, 0) is 56.1 Å². The second kappa shape index (κ2) is 6.08. The van der Waals surface area contributed by atoms with Crippen LogP contribution in [0.25, 0.3) is 0 Å². The number of aliphatic hydroxyl groups is 1. The first-order valence-corrected chi connectivity index (χ1v) is 7.60. The van der Waals surface area contributed by atoms with Crippen molar-refractivity contribution in [3.8, 4) is 0 Å². The Morgan fingerprint density at radius 2 is 2.12 bits per heavy atom. The number of nitrogens with one attached hydrogen (secondary N) is 1. The first-order chi connectivity index (χ1) is 7.79. The fourth-order valence-electron chi connectivity index (χ4n) is 2.48. The molecule has 92 valence electrons. The molecule has 2 rings (SSSR count). The molecule has 16 heavy (non-hydrogen) atoms. The second-order valence-electron chi connectivity index (χ2n) is 5.12. The lowest BCUT2D eigenvalue weighted by atomic mass is 9.93. The molecule has 2 nitrogen and oxygen atoms in total. The average molecular weight is 241 g/mol. The average Bonchev–Trinajstić information content (AvgIpc) is 2.31. The molecule has 2 aliphatic rings. The van der Waals surface area contributed by atoms with E-state index in [0.717, 1.165) is 43.4 Å². The fourth-order valence-corrected chi connectivity index (χ4v) is 3.73. The van der Waals surface area contributed by atoms with Crippen molar-refractivity contribution in [1.29, 1.82) is 0 Å². The first-order valence-electron chi connectivity index (χ1n) is 6.44. The Labute approximate surface area is 103 Å². The zero-order valence-corrected chi connectivity index (χ0v) is 10.8. The molecule has 0 saturated carbocycles. The standard InChI is InChI=1S/C13H23NOS/c15-13(6-8-16-9-7-13)11-14-10-12-4-2-1-3-5-12/h1-2,12,14-15H,3-11H2. The van der Waals surface area contributed by atoms with Crippen LogP contribution in [0.2, 0.25) is 0 Å². The van der Waals surface area contributed by atoms with E-state index in [1.54, 1.807) is 0 Å². The van der Waals surface area contributed by atoms with Crippen molar-refractivity contribution in [2.75, 3.05) is 24.6 Å². The van der Waals surface area contributed by atoms with E-state index in [1.807, 2.05) is 11.8 Å². The van der Waals surface area contributed by atoms with Gasteiger partial charge < -0.3 is 10.4 Å². The number of rotatable bonds is 4. The van der Waals surface area contributed by atoms with Crippen molar-refractivity contribution in [2.45, 2.75) is 37.7 Å². The smallest absolute Gasteiger partial charge is 0.0787 e. The molecule has 0 spiro atoms. The summed E-state index contributed by atoms with van der Waals surface area (Å²) in [6.45, 7) is 1.85. The maximum atomic E-state index is 10.3. The van der Waals surface area contributed by atoms with Gasteiger partial charge in [0.25, 0.3) is 0 Å². The third kappa shape index (κ3) is 3.79. The summed E-state index contributed by atoms with van der Waals surface area (Å²) < 4.78 is 0. The van der Waals surface area contributed by atoms with Crippen LogP contribution in [0.3, 0.4) is 0 Å². The van der Waals surface area contributed by atoms with Crippen molar-refractivity contribution in [1.82, 2.24) is 5.32 Å². The minimum Gasteiger partial charge on any atom is -0.389 e. The summed E-state index contributed by atoms with van der Waals surface area (Å²) in [5, 5.41) is 13.8. The molecule has 0 amide bonds. The van der Waals surface area contributed by atoms with Gasteiger partial charge in [0.05, 0.1) is 5.60 Å². The molecule has 0 aromatic carbocycles. The van der Waals surface area contributed by atoms with Crippen LogP contribution in [0.4, 0.5) is 0 Å². The van der Waals surface area contributed by atoms with Gasteiger partial charge in [0.15, 0.2) is 0 Å². The topological polar surface area (TPSA) is 32.3 Å². The second-order valence-corrected chi connectivity index (χ2v) is 6.34. The van der Waals surface area contributed by atoms with Crippen LogP contribution in [-0.4, -0.2) is 35.3 Å². The molecule has 0 radical (unpaired) electrons. The summed E-state index contributed by atoms with van der Waals surface area (Å²) in [5.41, 5.74) is -0.421. The normalized spacial score (nSPS) is 29.2. The summed E-state index contributed by atoms with van der Waals surface area (Å²) >= 11 is 1.96. The van der Waals surface area contributed by atoms with Crippen molar-refractivity contribution in [3.63, 3.8) is 0 Å². The molecular weight excluding hydrogens is 218 g/mol. The number of hydrogen-bond donors (Lipinski definition) is 2. The van der Waals surface area contributed by atoms with Crippen molar-refractivity contribution in [3.05, 3.63) is 12.2 Å². The summed E-state index contributed by atoms with van der Waals surface area (Å²) in [6, 6.07) is 0. The lowest BCUT2D eigenvalue weighted by molar-refractivity contribution is 0.0314. The maximum absolute atomic E-state index is 10.3. The molecule has 1 atom stereocenters. The third-order valence-corrected chi connectivity index (χ3v) is 4.67. The largest absolute Gasteiger partial charge is 0.389 e. The van der Waals surface area contributed by atoms with Crippen LogP contribution in [0, 0.1) is 5.92 Å². The Morgan fingerprint density at radius 3 is 2.81 bits per heavy atom. The maximum Gasteiger partial charge on any atom is 0.0787 e. The van der Waals surface area contributed by atoms with E-state index < -0.39 is 5.60 Å². The fraction of sp³-hybridized carbons (Fsp3) is 0.846. The Morgan fingerprint density at radius 1 is 1.31 bits per heavy atom. The van der Waals surface area contributed by atoms with Gasteiger partial charge in [0, 0.05) is 6.54 Å². The Balaban J connectivity index is 1.64. The molecule has 3 heteroatoms. The number of allylic oxidation sites excluding steroid dienone is 2. The highest BCUT2D eigenvalue weighted by molar-refractivity contribution is 7.99. The molecule has 1 aliphatic heterocycles. The van der Waals surface area contributed by atoms with E-state index in [2.05, 4.69) is 17.5 Å². The van der Waals surface area contributed by atoms with Crippen molar-refractivity contribution >= 4 is 11.8 Å². The quantitative estimate of drug-likeness (QED) is 0.740. The SMILES string of the molecule is OC1(CNCC2CC=CCC2)CCSCC1. The lowest BCUT2D eigenvalue weighted by Gasteiger charge is -2.32. The summed E-state index contributed by atoms with van der Waals surface area (Å²) in [4.78, 5) is 0. The number of hydrogen-bond acceptors (Lipinski definition) is 3. The van der Waals surface area contributed by atoms with E-state index in [0.29, 0.717) is 0 Å². The van der Waals surface area contributed by atoms with Crippen LogP contribution in [-0.2, 0) is 0 Å².